The van der Waals surface area contributed by atoms with E-state index in [-0.39, 0.29) is 18.0 Å². The summed E-state index contributed by atoms with van der Waals surface area (Å²) in [6.07, 6.45) is 4.81. The summed E-state index contributed by atoms with van der Waals surface area (Å²) in [5, 5.41) is 4.07. The third-order valence-corrected chi connectivity index (χ3v) is 6.47. The second-order valence-electron chi connectivity index (χ2n) is 9.10. The minimum absolute atomic E-state index is 0. The summed E-state index contributed by atoms with van der Waals surface area (Å²) in [4.78, 5) is 22.1. The molecule has 1 aliphatic heterocycles. The van der Waals surface area contributed by atoms with E-state index in [2.05, 4.69) is 39.3 Å². The van der Waals surface area contributed by atoms with Crippen molar-refractivity contribution < 1.29 is 4.42 Å². The maximum Gasteiger partial charge on any atom is 0.261 e. The van der Waals surface area contributed by atoms with Gasteiger partial charge in [-0.1, -0.05) is 18.2 Å². The Hall–Kier alpha value is -3.13. The highest BCUT2D eigenvalue weighted by Gasteiger charge is 2.18. The molecule has 1 N–H and O–H groups in total. The zero-order chi connectivity index (χ0) is 23.5. The van der Waals surface area contributed by atoms with Crippen LogP contribution in [-0.2, 0) is 20.1 Å². The average Bonchev–Trinajstić information content (AvgIpc) is 3.17. The number of nitrogens with zero attached hydrogens (tertiary/aromatic N) is 4. The van der Waals surface area contributed by atoms with E-state index in [4.69, 9.17) is 4.42 Å². The fourth-order valence-electron chi connectivity index (χ4n) is 4.56. The van der Waals surface area contributed by atoms with Crippen LogP contribution in [0.3, 0.4) is 0 Å². The van der Waals surface area contributed by atoms with Crippen LogP contribution in [0, 0.1) is 0 Å². The molecule has 0 spiro atoms. The number of fused-ring (bicyclic) bond motifs is 1. The summed E-state index contributed by atoms with van der Waals surface area (Å²) in [6, 6.07) is 16.0. The van der Waals surface area contributed by atoms with Crippen LogP contribution >= 0.6 is 12.4 Å². The molecule has 4 heterocycles. The molecule has 0 atom stereocenters. The Labute approximate surface area is 211 Å². The first kappa shape index (κ1) is 25.0. The number of aryl methyl sites for hydroxylation is 1. The molecule has 0 saturated carbocycles. The van der Waals surface area contributed by atoms with E-state index in [0.29, 0.717) is 17.5 Å². The molecule has 0 bridgehead atoms. The minimum atomic E-state index is -0.0335. The van der Waals surface area contributed by atoms with E-state index >= 15 is 0 Å². The molecular weight excluding hydrogens is 462 g/mol. The molecule has 8 heteroatoms. The molecule has 0 aliphatic carbocycles. The standard InChI is InChI=1S/C27H31N5O2.ClH/c1-30-11-6-12-32(14-13-30)18-23-16-24-26(34-23)25(19-31(2)27(24)33)20-7-5-9-21(15-20)29-17-22-8-3-4-10-28-22;/h3-5,7-10,15-16,19,29H,6,11-14,17-18H2,1-2H3;1H. The van der Waals surface area contributed by atoms with Crippen molar-refractivity contribution in [1.82, 2.24) is 19.4 Å². The number of furan rings is 1. The first-order valence-corrected chi connectivity index (χ1v) is 11.8. The van der Waals surface area contributed by atoms with Gasteiger partial charge in [0, 0.05) is 43.8 Å². The largest absolute Gasteiger partial charge is 0.459 e. The van der Waals surface area contributed by atoms with Crippen LogP contribution in [0.2, 0.25) is 0 Å². The molecule has 4 aromatic rings. The Morgan fingerprint density at radius 1 is 1.03 bits per heavy atom. The van der Waals surface area contributed by atoms with Crippen LogP contribution in [0.15, 0.2) is 70.1 Å². The summed E-state index contributed by atoms with van der Waals surface area (Å²) in [6.45, 7) is 5.57. The van der Waals surface area contributed by atoms with E-state index in [1.165, 1.54) is 0 Å². The lowest BCUT2D eigenvalue weighted by Crippen LogP contribution is -2.28. The van der Waals surface area contributed by atoms with Gasteiger partial charge in [-0.3, -0.25) is 14.7 Å². The van der Waals surface area contributed by atoms with Crippen LogP contribution in [0.25, 0.3) is 22.1 Å². The zero-order valence-corrected chi connectivity index (χ0v) is 21.1. The van der Waals surface area contributed by atoms with Gasteiger partial charge >= 0.3 is 0 Å². The van der Waals surface area contributed by atoms with Crippen molar-refractivity contribution in [3.8, 4) is 11.1 Å². The van der Waals surface area contributed by atoms with Crippen molar-refractivity contribution >= 4 is 29.1 Å². The Morgan fingerprint density at radius 3 is 2.74 bits per heavy atom. The molecule has 0 amide bonds. The fraction of sp³-hybridized carbons (Fsp3) is 0.333. The number of rotatable bonds is 6. The van der Waals surface area contributed by atoms with Gasteiger partial charge < -0.3 is 19.2 Å². The highest BCUT2D eigenvalue weighted by Crippen LogP contribution is 2.31. The lowest BCUT2D eigenvalue weighted by atomic mass is 10.1. The number of pyridine rings is 2. The van der Waals surface area contributed by atoms with E-state index in [0.717, 1.165) is 67.4 Å². The lowest BCUT2D eigenvalue weighted by Gasteiger charge is -2.18. The molecule has 5 rings (SSSR count). The number of nitrogens with one attached hydrogen (secondary N) is 1. The van der Waals surface area contributed by atoms with E-state index in [9.17, 15) is 4.79 Å². The number of hydrogen-bond acceptors (Lipinski definition) is 6. The second kappa shape index (κ2) is 11.1. The molecule has 184 valence electrons. The lowest BCUT2D eigenvalue weighted by molar-refractivity contribution is 0.251. The van der Waals surface area contributed by atoms with Gasteiger partial charge in [-0.25, -0.2) is 0 Å². The van der Waals surface area contributed by atoms with Crippen molar-refractivity contribution in [2.24, 2.45) is 7.05 Å². The minimum Gasteiger partial charge on any atom is -0.459 e. The SMILES string of the molecule is CN1CCCN(Cc2cc3c(=O)n(C)cc(-c4cccc(NCc5ccccn5)c4)c3o2)CC1.Cl. The normalized spacial score (nSPS) is 15.0. The first-order valence-electron chi connectivity index (χ1n) is 11.8. The summed E-state index contributed by atoms with van der Waals surface area (Å²) in [5.74, 6) is 0.841. The highest BCUT2D eigenvalue weighted by atomic mass is 35.5. The van der Waals surface area contributed by atoms with Crippen LogP contribution in [0.5, 0.6) is 0 Å². The van der Waals surface area contributed by atoms with Crippen LogP contribution in [0.1, 0.15) is 17.9 Å². The van der Waals surface area contributed by atoms with E-state index in [1.807, 2.05) is 42.6 Å². The predicted octanol–water partition coefficient (Wildman–Crippen LogP) is 4.36. The second-order valence-corrected chi connectivity index (χ2v) is 9.10. The summed E-state index contributed by atoms with van der Waals surface area (Å²) in [5.41, 5.74) is 4.52. The van der Waals surface area contributed by atoms with Gasteiger partial charge in [0.15, 0.2) is 0 Å². The topological polar surface area (TPSA) is 66.5 Å². The molecular formula is C27H32ClN5O2. The van der Waals surface area contributed by atoms with Gasteiger partial charge in [0.2, 0.25) is 0 Å². The molecule has 1 aliphatic rings. The van der Waals surface area contributed by atoms with Crippen molar-refractivity contribution in [2.75, 3.05) is 38.5 Å². The Morgan fingerprint density at radius 2 is 1.91 bits per heavy atom. The number of anilines is 1. The van der Waals surface area contributed by atoms with Gasteiger partial charge in [0.05, 0.1) is 24.2 Å². The van der Waals surface area contributed by atoms with Crippen LogP contribution < -0.4 is 10.9 Å². The summed E-state index contributed by atoms with van der Waals surface area (Å²) < 4.78 is 7.97. The molecule has 0 radical (unpaired) electrons. The molecule has 3 aromatic heterocycles. The van der Waals surface area contributed by atoms with Gasteiger partial charge in [-0.05, 0) is 62.5 Å². The molecule has 1 saturated heterocycles. The quantitative estimate of drug-likeness (QED) is 0.430. The third kappa shape index (κ3) is 5.75. The molecule has 7 nitrogen and oxygen atoms in total. The van der Waals surface area contributed by atoms with E-state index < -0.39 is 0 Å². The maximum absolute atomic E-state index is 12.9. The van der Waals surface area contributed by atoms with Gasteiger partial charge in [0.25, 0.3) is 5.56 Å². The Bertz CT molecular complexity index is 1330. The molecule has 1 fully saturated rings. The van der Waals surface area contributed by atoms with Crippen molar-refractivity contribution in [1.29, 1.82) is 0 Å². The van der Waals surface area contributed by atoms with Gasteiger partial charge in [-0.2, -0.15) is 0 Å². The molecule has 0 unspecified atom stereocenters. The maximum atomic E-state index is 12.9. The number of halogens is 1. The number of aromatic nitrogens is 2. The Kier molecular flexibility index (Phi) is 7.90. The van der Waals surface area contributed by atoms with Crippen LogP contribution in [0.4, 0.5) is 5.69 Å². The van der Waals surface area contributed by atoms with Crippen LogP contribution in [-0.4, -0.2) is 52.6 Å². The van der Waals surface area contributed by atoms with Gasteiger partial charge in [-0.15, -0.1) is 12.4 Å². The first-order chi connectivity index (χ1) is 16.6. The molecule has 35 heavy (non-hydrogen) atoms. The van der Waals surface area contributed by atoms with Crippen molar-refractivity contribution in [3.63, 3.8) is 0 Å². The third-order valence-electron chi connectivity index (χ3n) is 6.47. The van der Waals surface area contributed by atoms with Gasteiger partial charge in [0.1, 0.15) is 11.3 Å². The smallest absolute Gasteiger partial charge is 0.261 e. The fourth-order valence-corrected chi connectivity index (χ4v) is 4.56. The summed E-state index contributed by atoms with van der Waals surface area (Å²) >= 11 is 0. The average molecular weight is 494 g/mol. The predicted molar refractivity (Wildman–Crippen MR) is 143 cm³/mol. The van der Waals surface area contributed by atoms with Crippen molar-refractivity contribution in [3.05, 3.63) is 82.7 Å². The number of likely N-dealkylation sites (N-methyl/N-ethyl adjacent to an activating group) is 1. The zero-order valence-electron chi connectivity index (χ0n) is 20.2. The highest BCUT2D eigenvalue weighted by molar-refractivity contribution is 5.92. The monoisotopic (exact) mass is 493 g/mol. The number of benzene rings is 1. The van der Waals surface area contributed by atoms with E-state index in [1.54, 1.807) is 17.8 Å². The number of hydrogen-bond donors (Lipinski definition) is 1. The van der Waals surface area contributed by atoms with Crippen molar-refractivity contribution in [2.45, 2.75) is 19.5 Å². The Balaban J connectivity index is 0.00000289. The molecule has 1 aromatic carbocycles. The summed E-state index contributed by atoms with van der Waals surface area (Å²) in [7, 11) is 3.96.